The third-order valence-electron chi connectivity index (χ3n) is 12.4. The second-order valence-corrected chi connectivity index (χ2v) is 16.0. The third-order valence-corrected chi connectivity index (χ3v) is 12.4. The summed E-state index contributed by atoms with van der Waals surface area (Å²) in [6, 6.07) is 73.0. The molecule has 0 atom stereocenters. The van der Waals surface area contributed by atoms with Gasteiger partial charge in [0, 0.05) is 43.6 Å². The van der Waals surface area contributed by atoms with Gasteiger partial charge < -0.3 is 8.98 Å². The first kappa shape index (κ1) is 34.5. The topological polar surface area (TPSA) is 56.7 Å². The molecule has 0 aliphatic heterocycles. The van der Waals surface area contributed by atoms with Crippen molar-refractivity contribution in [2.75, 3.05) is 0 Å². The molecule has 0 amide bonds. The van der Waals surface area contributed by atoms with Gasteiger partial charge in [0.2, 0.25) is 0 Å². The lowest BCUT2D eigenvalue weighted by Gasteiger charge is -2.16. The molecule has 0 spiro atoms. The van der Waals surface area contributed by atoms with Crippen LogP contribution < -0.4 is 0 Å². The standard InChI is InChI=1S/C57H34N4O/c1-3-13-35(14-4-1)41-23-25-43-47(29-41)46(27-28-50(43)61-51-32-39-19-9-7-17-37(39)30-48(51)49-31-38-18-8-10-20-40(38)33-52(49)61)57-59-55(36-15-5-2-6-16-36)58-56(60-57)42-24-26-45-44-21-11-12-22-53(44)62-54(45)34-42/h1-34H. The van der Waals surface area contributed by atoms with Crippen molar-refractivity contribution in [3.05, 3.63) is 206 Å². The van der Waals surface area contributed by atoms with E-state index in [0.29, 0.717) is 17.5 Å². The van der Waals surface area contributed by atoms with Gasteiger partial charge in [-0.05, 0) is 98.7 Å². The van der Waals surface area contributed by atoms with Crippen molar-refractivity contribution in [1.82, 2.24) is 19.5 Å². The van der Waals surface area contributed by atoms with Gasteiger partial charge in [0.25, 0.3) is 0 Å². The summed E-state index contributed by atoms with van der Waals surface area (Å²) >= 11 is 0. The van der Waals surface area contributed by atoms with E-state index in [2.05, 4.69) is 168 Å². The van der Waals surface area contributed by atoms with E-state index in [1.165, 1.54) is 32.3 Å². The van der Waals surface area contributed by atoms with E-state index < -0.39 is 0 Å². The number of aromatic nitrogens is 4. The van der Waals surface area contributed by atoms with Crippen molar-refractivity contribution in [3.8, 4) is 51.0 Å². The highest BCUT2D eigenvalue weighted by molar-refractivity contribution is 6.18. The molecule has 3 heterocycles. The first-order valence-corrected chi connectivity index (χ1v) is 20.9. The fourth-order valence-corrected chi connectivity index (χ4v) is 9.39. The summed E-state index contributed by atoms with van der Waals surface area (Å²) in [6.45, 7) is 0. The lowest BCUT2D eigenvalue weighted by molar-refractivity contribution is 0.669. The molecule has 0 fully saturated rings. The number of rotatable bonds is 5. The Hall–Kier alpha value is -8.41. The van der Waals surface area contributed by atoms with Crippen molar-refractivity contribution in [2.24, 2.45) is 0 Å². The first-order chi connectivity index (χ1) is 30.7. The third kappa shape index (κ3) is 5.45. The van der Waals surface area contributed by atoms with Crippen LogP contribution in [0.15, 0.2) is 211 Å². The summed E-state index contributed by atoms with van der Waals surface area (Å²) < 4.78 is 8.79. The van der Waals surface area contributed by atoms with Gasteiger partial charge in [0.05, 0.1) is 16.7 Å². The Bertz CT molecular complexity index is 3830. The lowest BCUT2D eigenvalue weighted by atomic mass is 9.96. The zero-order valence-corrected chi connectivity index (χ0v) is 33.3. The van der Waals surface area contributed by atoms with E-state index >= 15 is 0 Å². The van der Waals surface area contributed by atoms with Gasteiger partial charge in [-0.3, -0.25) is 0 Å². The highest BCUT2D eigenvalue weighted by Crippen LogP contribution is 2.42. The largest absolute Gasteiger partial charge is 0.456 e. The fraction of sp³-hybridized carbons (Fsp3) is 0. The van der Waals surface area contributed by atoms with Gasteiger partial charge in [0.15, 0.2) is 17.5 Å². The highest BCUT2D eigenvalue weighted by atomic mass is 16.3. The highest BCUT2D eigenvalue weighted by Gasteiger charge is 2.21. The van der Waals surface area contributed by atoms with Gasteiger partial charge in [-0.15, -0.1) is 0 Å². The van der Waals surface area contributed by atoms with Crippen LogP contribution in [0.2, 0.25) is 0 Å². The van der Waals surface area contributed by atoms with Crippen LogP contribution in [0.25, 0.3) is 127 Å². The molecule has 10 aromatic carbocycles. The minimum absolute atomic E-state index is 0.578. The van der Waals surface area contributed by atoms with Crippen molar-refractivity contribution in [3.63, 3.8) is 0 Å². The second kappa shape index (κ2) is 13.6. The molecule has 5 nitrogen and oxygen atoms in total. The number of benzene rings is 10. The molecule has 288 valence electrons. The fourth-order valence-electron chi connectivity index (χ4n) is 9.39. The minimum Gasteiger partial charge on any atom is -0.456 e. The molecule has 0 radical (unpaired) electrons. The maximum absolute atomic E-state index is 6.34. The summed E-state index contributed by atoms with van der Waals surface area (Å²) in [5, 5.41) is 11.6. The van der Waals surface area contributed by atoms with Crippen LogP contribution in [0.4, 0.5) is 0 Å². The Labute approximate surface area is 355 Å². The van der Waals surface area contributed by atoms with Crippen molar-refractivity contribution >= 4 is 76.1 Å². The van der Waals surface area contributed by atoms with E-state index in [0.717, 1.165) is 77.2 Å². The summed E-state index contributed by atoms with van der Waals surface area (Å²) in [4.78, 5) is 15.7. The summed E-state index contributed by atoms with van der Waals surface area (Å²) in [6.07, 6.45) is 0. The zero-order chi connectivity index (χ0) is 40.7. The Morgan fingerprint density at radius 3 is 1.53 bits per heavy atom. The van der Waals surface area contributed by atoms with Gasteiger partial charge in [-0.1, -0.05) is 146 Å². The maximum Gasteiger partial charge on any atom is 0.164 e. The molecule has 0 aliphatic rings. The quantitative estimate of drug-likeness (QED) is 0.174. The van der Waals surface area contributed by atoms with E-state index in [1.54, 1.807) is 0 Å². The van der Waals surface area contributed by atoms with E-state index in [9.17, 15) is 0 Å². The normalized spacial score (nSPS) is 11.9. The van der Waals surface area contributed by atoms with Crippen molar-refractivity contribution < 1.29 is 4.42 Å². The Balaban J connectivity index is 1.09. The Morgan fingerprint density at radius 1 is 0.306 bits per heavy atom. The van der Waals surface area contributed by atoms with Crippen LogP contribution in [-0.4, -0.2) is 19.5 Å². The molecule has 13 rings (SSSR count). The predicted molar refractivity (Wildman–Crippen MR) is 256 cm³/mol. The Kier molecular flexibility index (Phi) is 7.54. The van der Waals surface area contributed by atoms with Gasteiger partial charge in [0.1, 0.15) is 11.2 Å². The number of hydrogen-bond donors (Lipinski definition) is 0. The van der Waals surface area contributed by atoms with Gasteiger partial charge in [-0.25, -0.2) is 15.0 Å². The molecule has 0 unspecified atom stereocenters. The average molecular weight is 791 g/mol. The smallest absolute Gasteiger partial charge is 0.164 e. The molecule has 0 saturated carbocycles. The molecular weight excluding hydrogens is 757 g/mol. The van der Waals surface area contributed by atoms with Crippen molar-refractivity contribution in [2.45, 2.75) is 0 Å². The van der Waals surface area contributed by atoms with Crippen LogP contribution in [0.3, 0.4) is 0 Å². The minimum atomic E-state index is 0.578. The molecular formula is C57H34N4O. The molecule has 0 saturated heterocycles. The molecule has 0 bridgehead atoms. The monoisotopic (exact) mass is 790 g/mol. The van der Waals surface area contributed by atoms with Crippen LogP contribution in [0.1, 0.15) is 0 Å². The number of para-hydroxylation sites is 1. The molecule has 5 heteroatoms. The van der Waals surface area contributed by atoms with E-state index in [1.807, 2.05) is 42.5 Å². The molecule has 0 N–H and O–H groups in total. The number of furan rings is 1. The SMILES string of the molecule is c1ccc(-c2ccc3c(-n4c5cc6ccccc6cc5c5cc6ccccc6cc54)ccc(-c4nc(-c5ccccc5)nc(-c5ccc6c(c5)oc5ccccc56)n4)c3c2)cc1. The van der Waals surface area contributed by atoms with E-state index in [-0.39, 0.29) is 0 Å². The molecule has 3 aromatic heterocycles. The van der Waals surface area contributed by atoms with Crippen molar-refractivity contribution in [1.29, 1.82) is 0 Å². The van der Waals surface area contributed by atoms with Crippen LogP contribution in [0, 0.1) is 0 Å². The molecule has 62 heavy (non-hydrogen) atoms. The van der Waals surface area contributed by atoms with Gasteiger partial charge >= 0.3 is 0 Å². The van der Waals surface area contributed by atoms with Crippen LogP contribution >= 0.6 is 0 Å². The molecule has 13 aromatic rings. The average Bonchev–Trinajstić information content (AvgIpc) is 3.86. The van der Waals surface area contributed by atoms with Gasteiger partial charge in [-0.2, -0.15) is 0 Å². The zero-order valence-electron chi connectivity index (χ0n) is 33.3. The summed E-state index contributed by atoms with van der Waals surface area (Å²) in [7, 11) is 0. The molecule has 0 aliphatic carbocycles. The van der Waals surface area contributed by atoms with Crippen LogP contribution in [0.5, 0.6) is 0 Å². The maximum atomic E-state index is 6.34. The summed E-state index contributed by atoms with van der Waals surface area (Å²) in [5.74, 6) is 1.78. The van der Waals surface area contributed by atoms with E-state index in [4.69, 9.17) is 19.4 Å². The first-order valence-electron chi connectivity index (χ1n) is 20.9. The number of fused-ring (bicyclic) bond motifs is 9. The van der Waals surface area contributed by atoms with Crippen LogP contribution in [-0.2, 0) is 0 Å². The number of nitrogens with zero attached hydrogens (tertiary/aromatic N) is 4. The lowest BCUT2D eigenvalue weighted by Crippen LogP contribution is -2.02. The predicted octanol–water partition coefficient (Wildman–Crippen LogP) is 15.0. The Morgan fingerprint density at radius 2 is 0.839 bits per heavy atom. The number of hydrogen-bond acceptors (Lipinski definition) is 4. The summed E-state index contributed by atoms with van der Waals surface area (Å²) in [5.41, 5.74) is 9.99. The second-order valence-electron chi connectivity index (χ2n) is 16.0.